The molecule has 1 fully saturated rings. The lowest BCUT2D eigenvalue weighted by atomic mass is 10.1. The Kier molecular flexibility index (Phi) is 4.07. The molecule has 2 heterocycles. The molecule has 126 valence electrons. The Hall–Kier alpha value is -2.92. The van der Waals surface area contributed by atoms with E-state index < -0.39 is 0 Å². The molecule has 3 aromatic rings. The number of imidazole rings is 1. The molecule has 2 aromatic carbocycles. The first-order chi connectivity index (χ1) is 12.3. The standard InChI is InChI=1S/C20H19N3O2/c1-2-15-4-3-5-17(12-15)23-14-21-18-13-16(6-7-19(18)23)20(24)22-8-10-25-11-9-22/h2-7,12-14H,1,8-11H2. The number of fused-ring (bicyclic) bond motifs is 1. The Morgan fingerprint density at radius 2 is 2.00 bits per heavy atom. The van der Waals surface area contributed by atoms with Crippen molar-refractivity contribution in [2.75, 3.05) is 26.3 Å². The quantitative estimate of drug-likeness (QED) is 0.740. The van der Waals surface area contributed by atoms with Gasteiger partial charge >= 0.3 is 0 Å². The van der Waals surface area contributed by atoms with Gasteiger partial charge in [0, 0.05) is 24.3 Å². The van der Waals surface area contributed by atoms with E-state index in [1.807, 2.05) is 51.9 Å². The highest BCUT2D eigenvalue weighted by Crippen LogP contribution is 2.21. The number of benzene rings is 2. The van der Waals surface area contributed by atoms with Crippen LogP contribution in [0.25, 0.3) is 22.8 Å². The molecule has 0 unspecified atom stereocenters. The highest BCUT2D eigenvalue weighted by atomic mass is 16.5. The third-order valence-corrected chi connectivity index (χ3v) is 4.48. The van der Waals surface area contributed by atoms with E-state index in [1.165, 1.54) is 0 Å². The van der Waals surface area contributed by atoms with E-state index in [-0.39, 0.29) is 5.91 Å². The fourth-order valence-corrected chi connectivity index (χ4v) is 3.10. The van der Waals surface area contributed by atoms with Crippen LogP contribution >= 0.6 is 0 Å². The van der Waals surface area contributed by atoms with Gasteiger partial charge < -0.3 is 9.64 Å². The zero-order valence-electron chi connectivity index (χ0n) is 13.9. The summed E-state index contributed by atoms with van der Waals surface area (Å²) in [6, 6.07) is 13.8. The van der Waals surface area contributed by atoms with Crippen molar-refractivity contribution in [2.45, 2.75) is 0 Å². The second-order valence-corrected chi connectivity index (χ2v) is 6.02. The van der Waals surface area contributed by atoms with Crippen LogP contribution in [0.15, 0.2) is 55.4 Å². The van der Waals surface area contributed by atoms with Gasteiger partial charge in [-0.1, -0.05) is 24.8 Å². The van der Waals surface area contributed by atoms with E-state index >= 15 is 0 Å². The zero-order valence-corrected chi connectivity index (χ0v) is 13.9. The highest BCUT2D eigenvalue weighted by Gasteiger charge is 2.19. The summed E-state index contributed by atoms with van der Waals surface area (Å²) in [6.07, 6.45) is 3.61. The second-order valence-electron chi connectivity index (χ2n) is 6.02. The van der Waals surface area contributed by atoms with Crippen LogP contribution < -0.4 is 0 Å². The molecular formula is C20H19N3O2. The minimum absolute atomic E-state index is 0.0356. The molecule has 0 saturated carbocycles. The van der Waals surface area contributed by atoms with Gasteiger partial charge in [-0.15, -0.1) is 0 Å². The van der Waals surface area contributed by atoms with Crippen LogP contribution in [0, 0.1) is 0 Å². The molecule has 0 atom stereocenters. The van der Waals surface area contributed by atoms with Crippen molar-refractivity contribution in [1.29, 1.82) is 0 Å². The zero-order chi connectivity index (χ0) is 17.2. The average Bonchev–Trinajstić information content (AvgIpc) is 3.11. The van der Waals surface area contributed by atoms with Gasteiger partial charge in [0.2, 0.25) is 0 Å². The van der Waals surface area contributed by atoms with E-state index in [1.54, 1.807) is 6.33 Å². The molecule has 25 heavy (non-hydrogen) atoms. The first-order valence-corrected chi connectivity index (χ1v) is 8.33. The molecular weight excluding hydrogens is 314 g/mol. The van der Waals surface area contributed by atoms with Gasteiger partial charge in [-0.05, 0) is 35.9 Å². The molecule has 1 aliphatic heterocycles. The van der Waals surface area contributed by atoms with E-state index in [0.717, 1.165) is 22.3 Å². The minimum atomic E-state index is 0.0356. The molecule has 1 aliphatic rings. The number of hydrogen-bond acceptors (Lipinski definition) is 3. The molecule has 1 amide bonds. The summed E-state index contributed by atoms with van der Waals surface area (Å²) in [5.41, 5.74) is 4.52. The van der Waals surface area contributed by atoms with E-state index in [9.17, 15) is 4.79 Å². The Morgan fingerprint density at radius 3 is 2.80 bits per heavy atom. The molecule has 1 saturated heterocycles. The Balaban J connectivity index is 1.69. The third kappa shape index (κ3) is 2.94. The topological polar surface area (TPSA) is 47.4 Å². The smallest absolute Gasteiger partial charge is 0.254 e. The Bertz CT molecular complexity index is 939. The number of carbonyl (C=O) groups is 1. The normalized spacial score (nSPS) is 14.6. The van der Waals surface area contributed by atoms with Crippen molar-refractivity contribution in [2.24, 2.45) is 0 Å². The number of morpholine rings is 1. The maximum atomic E-state index is 12.6. The van der Waals surface area contributed by atoms with Crippen molar-refractivity contribution < 1.29 is 9.53 Å². The first kappa shape index (κ1) is 15.6. The minimum Gasteiger partial charge on any atom is -0.378 e. The number of ether oxygens (including phenoxy) is 1. The van der Waals surface area contributed by atoms with Crippen molar-refractivity contribution >= 4 is 23.0 Å². The molecule has 5 heteroatoms. The first-order valence-electron chi connectivity index (χ1n) is 8.33. The van der Waals surface area contributed by atoms with Gasteiger partial charge in [0.15, 0.2) is 0 Å². The molecule has 1 aromatic heterocycles. The van der Waals surface area contributed by atoms with Gasteiger partial charge in [0.05, 0.1) is 24.2 Å². The fraction of sp³-hybridized carbons (Fsp3) is 0.200. The lowest BCUT2D eigenvalue weighted by Gasteiger charge is -2.26. The molecule has 0 spiro atoms. The number of nitrogens with zero attached hydrogens (tertiary/aromatic N) is 3. The summed E-state index contributed by atoms with van der Waals surface area (Å²) in [4.78, 5) is 18.9. The van der Waals surface area contributed by atoms with Crippen molar-refractivity contribution in [3.63, 3.8) is 0 Å². The molecule has 5 nitrogen and oxygen atoms in total. The van der Waals surface area contributed by atoms with E-state index in [4.69, 9.17) is 4.74 Å². The van der Waals surface area contributed by atoms with E-state index in [2.05, 4.69) is 17.6 Å². The van der Waals surface area contributed by atoms with Crippen LogP contribution in [0.5, 0.6) is 0 Å². The molecule has 0 bridgehead atoms. The number of amides is 1. The van der Waals surface area contributed by atoms with Gasteiger partial charge in [0.25, 0.3) is 5.91 Å². The van der Waals surface area contributed by atoms with Crippen molar-refractivity contribution in [3.05, 3.63) is 66.5 Å². The predicted molar refractivity (Wildman–Crippen MR) is 97.9 cm³/mol. The third-order valence-electron chi connectivity index (χ3n) is 4.48. The molecule has 0 radical (unpaired) electrons. The summed E-state index contributed by atoms with van der Waals surface area (Å²) in [5.74, 6) is 0.0356. The molecule has 4 rings (SSSR count). The second kappa shape index (κ2) is 6.53. The van der Waals surface area contributed by atoms with Crippen LogP contribution in [-0.4, -0.2) is 46.7 Å². The van der Waals surface area contributed by atoms with Gasteiger partial charge in [-0.2, -0.15) is 0 Å². The Morgan fingerprint density at radius 1 is 1.16 bits per heavy atom. The number of aromatic nitrogens is 2. The average molecular weight is 333 g/mol. The van der Waals surface area contributed by atoms with Gasteiger partial charge in [0.1, 0.15) is 6.33 Å². The summed E-state index contributed by atoms with van der Waals surface area (Å²) in [7, 11) is 0. The summed E-state index contributed by atoms with van der Waals surface area (Å²) in [5, 5.41) is 0. The maximum Gasteiger partial charge on any atom is 0.254 e. The number of carbonyl (C=O) groups excluding carboxylic acids is 1. The summed E-state index contributed by atoms with van der Waals surface area (Å²) >= 11 is 0. The maximum absolute atomic E-state index is 12.6. The molecule has 0 N–H and O–H groups in total. The van der Waals surface area contributed by atoms with Crippen LogP contribution in [0.4, 0.5) is 0 Å². The monoisotopic (exact) mass is 333 g/mol. The summed E-state index contributed by atoms with van der Waals surface area (Å²) < 4.78 is 7.33. The summed E-state index contributed by atoms with van der Waals surface area (Å²) in [6.45, 7) is 6.29. The van der Waals surface area contributed by atoms with Crippen molar-refractivity contribution in [1.82, 2.24) is 14.5 Å². The van der Waals surface area contributed by atoms with Crippen molar-refractivity contribution in [3.8, 4) is 5.69 Å². The van der Waals surface area contributed by atoms with Gasteiger partial charge in [-0.3, -0.25) is 9.36 Å². The molecule has 0 aliphatic carbocycles. The van der Waals surface area contributed by atoms with E-state index in [0.29, 0.717) is 31.9 Å². The van der Waals surface area contributed by atoms with Crippen LogP contribution in [0.2, 0.25) is 0 Å². The highest BCUT2D eigenvalue weighted by molar-refractivity contribution is 5.97. The lowest BCUT2D eigenvalue weighted by Crippen LogP contribution is -2.40. The lowest BCUT2D eigenvalue weighted by molar-refractivity contribution is 0.0303. The fourth-order valence-electron chi connectivity index (χ4n) is 3.10. The number of rotatable bonds is 3. The van der Waals surface area contributed by atoms with Crippen LogP contribution in [0.3, 0.4) is 0 Å². The van der Waals surface area contributed by atoms with Crippen LogP contribution in [0.1, 0.15) is 15.9 Å². The predicted octanol–water partition coefficient (Wildman–Crippen LogP) is 3.14. The van der Waals surface area contributed by atoms with Crippen LogP contribution in [-0.2, 0) is 4.74 Å². The Labute approximate surface area is 146 Å². The number of hydrogen-bond donors (Lipinski definition) is 0. The SMILES string of the molecule is C=Cc1cccc(-n2cnc3cc(C(=O)N4CCOCC4)ccc32)c1. The van der Waals surface area contributed by atoms with Gasteiger partial charge in [-0.25, -0.2) is 4.98 Å². The largest absolute Gasteiger partial charge is 0.378 e.